The molecular formula is C16H25ClN2O. The minimum absolute atomic E-state index is 0.365. The predicted molar refractivity (Wildman–Crippen MR) is 84.2 cm³/mol. The molecule has 1 aliphatic rings. The molecule has 4 heteroatoms. The Kier molecular flexibility index (Phi) is 6.11. The van der Waals surface area contributed by atoms with Crippen molar-refractivity contribution in [3.05, 3.63) is 22.8 Å². The van der Waals surface area contributed by atoms with E-state index in [0.717, 1.165) is 43.2 Å². The van der Waals surface area contributed by atoms with Crippen LogP contribution in [-0.2, 0) is 11.3 Å². The van der Waals surface area contributed by atoms with Gasteiger partial charge in [-0.1, -0.05) is 38.3 Å². The Labute approximate surface area is 127 Å². The van der Waals surface area contributed by atoms with Gasteiger partial charge in [0, 0.05) is 6.54 Å². The van der Waals surface area contributed by atoms with Crippen molar-refractivity contribution < 1.29 is 4.74 Å². The number of hydrogen-bond acceptors (Lipinski definition) is 3. The standard InChI is InChI=1S/C16H25ClN2O/c1-3-9-18-16-8-7-14(17)15(19-16)11-20-13-6-4-5-12(2)10-13/h7-8,12-13H,3-6,9-11H2,1-2H3,(H,18,19). The monoisotopic (exact) mass is 296 g/mol. The van der Waals surface area contributed by atoms with Crippen LogP contribution in [0.5, 0.6) is 0 Å². The summed E-state index contributed by atoms with van der Waals surface area (Å²) in [6.07, 6.45) is 6.36. The number of hydrogen-bond donors (Lipinski definition) is 1. The highest BCUT2D eigenvalue weighted by Gasteiger charge is 2.19. The number of rotatable bonds is 6. The molecule has 2 unspecified atom stereocenters. The lowest BCUT2D eigenvalue weighted by Crippen LogP contribution is -2.21. The largest absolute Gasteiger partial charge is 0.372 e. The number of nitrogens with zero attached hydrogens (tertiary/aromatic N) is 1. The fourth-order valence-corrected chi connectivity index (χ4v) is 2.82. The Balaban J connectivity index is 1.90. The van der Waals surface area contributed by atoms with E-state index in [1.165, 1.54) is 12.8 Å². The van der Waals surface area contributed by atoms with Gasteiger partial charge in [-0.2, -0.15) is 0 Å². The molecule has 1 aromatic rings. The average Bonchev–Trinajstić information content (AvgIpc) is 2.45. The van der Waals surface area contributed by atoms with Crippen molar-refractivity contribution >= 4 is 17.4 Å². The van der Waals surface area contributed by atoms with Gasteiger partial charge in [0.15, 0.2) is 0 Å². The number of anilines is 1. The molecule has 0 bridgehead atoms. The highest BCUT2D eigenvalue weighted by molar-refractivity contribution is 6.31. The molecule has 0 spiro atoms. The SMILES string of the molecule is CCCNc1ccc(Cl)c(COC2CCCC(C)C2)n1. The quantitative estimate of drug-likeness (QED) is 0.829. The van der Waals surface area contributed by atoms with Crippen LogP contribution in [0.25, 0.3) is 0 Å². The summed E-state index contributed by atoms with van der Waals surface area (Å²) in [5.41, 5.74) is 0.839. The van der Waals surface area contributed by atoms with Crippen LogP contribution in [0, 0.1) is 5.92 Å². The lowest BCUT2D eigenvalue weighted by Gasteiger charge is -2.26. The van der Waals surface area contributed by atoms with E-state index >= 15 is 0 Å². The van der Waals surface area contributed by atoms with Gasteiger partial charge < -0.3 is 10.1 Å². The number of aromatic nitrogens is 1. The number of nitrogens with one attached hydrogen (secondary N) is 1. The normalized spacial score (nSPS) is 22.8. The molecule has 3 nitrogen and oxygen atoms in total. The molecule has 1 fully saturated rings. The summed E-state index contributed by atoms with van der Waals surface area (Å²) in [6.45, 7) is 5.88. The zero-order valence-corrected chi connectivity index (χ0v) is 13.2. The van der Waals surface area contributed by atoms with Crippen LogP contribution in [0.2, 0.25) is 5.02 Å². The molecule has 0 radical (unpaired) electrons. The third-order valence-electron chi connectivity index (χ3n) is 3.82. The van der Waals surface area contributed by atoms with Gasteiger partial charge >= 0.3 is 0 Å². The van der Waals surface area contributed by atoms with Gasteiger partial charge in [0.25, 0.3) is 0 Å². The van der Waals surface area contributed by atoms with Crippen LogP contribution in [-0.4, -0.2) is 17.6 Å². The van der Waals surface area contributed by atoms with Crippen molar-refractivity contribution in [2.45, 2.75) is 58.7 Å². The summed E-state index contributed by atoms with van der Waals surface area (Å²) in [4.78, 5) is 4.55. The van der Waals surface area contributed by atoms with Crippen molar-refractivity contribution in [3.8, 4) is 0 Å². The maximum absolute atomic E-state index is 6.21. The Morgan fingerprint density at radius 1 is 1.40 bits per heavy atom. The molecule has 20 heavy (non-hydrogen) atoms. The maximum Gasteiger partial charge on any atom is 0.126 e. The summed E-state index contributed by atoms with van der Waals surface area (Å²) in [6, 6.07) is 3.82. The van der Waals surface area contributed by atoms with E-state index in [9.17, 15) is 0 Å². The topological polar surface area (TPSA) is 34.1 Å². The second-order valence-corrected chi connectivity index (χ2v) is 6.16. The first-order valence-corrected chi connectivity index (χ1v) is 8.07. The van der Waals surface area contributed by atoms with E-state index in [1.807, 2.05) is 12.1 Å². The van der Waals surface area contributed by atoms with Crippen LogP contribution in [0.15, 0.2) is 12.1 Å². The molecule has 1 aliphatic carbocycles. The highest BCUT2D eigenvalue weighted by atomic mass is 35.5. The summed E-state index contributed by atoms with van der Waals surface area (Å²) < 4.78 is 6.00. The maximum atomic E-state index is 6.21. The first kappa shape index (κ1) is 15.6. The zero-order valence-electron chi connectivity index (χ0n) is 12.5. The van der Waals surface area contributed by atoms with E-state index in [-0.39, 0.29) is 0 Å². The molecule has 2 atom stereocenters. The molecule has 112 valence electrons. The number of ether oxygens (including phenoxy) is 1. The van der Waals surface area contributed by atoms with Gasteiger partial charge in [-0.25, -0.2) is 4.98 Å². The molecule has 0 saturated heterocycles. The first-order valence-electron chi connectivity index (χ1n) is 7.70. The van der Waals surface area contributed by atoms with Crippen molar-refractivity contribution in [3.63, 3.8) is 0 Å². The van der Waals surface area contributed by atoms with Crippen molar-refractivity contribution in [2.75, 3.05) is 11.9 Å². The van der Waals surface area contributed by atoms with Crippen molar-refractivity contribution in [2.24, 2.45) is 5.92 Å². The van der Waals surface area contributed by atoms with Gasteiger partial charge in [0.05, 0.1) is 23.4 Å². The van der Waals surface area contributed by atoms with Gasteiger partial charge in [0.1, 0.15) is 5.82 Å². The molecule has 1 heterocycles. The van der Waals surface area contributed by atoms with Crippen molar-refractivity contribution in [1.29, 1.82) is 0 Å². The van der Waals surface area contributed by atoms with Crippen LogP contribution in [0.4, 0.5) is 5.82 Å². The minimum atomic E-state index is 0.365. The number of halogens is 1. The Bertz CT molecular complexity index is 425. The van der Waals surface area contributed by atoms with Crippen LogP contribution >= 0.6 is 11.6 Å². The second kappa shape index (κ2) is 7.84. The molecule has 0 aliphatic heterocycles. The highest BCUT2D eigenvalue weighted by Crippen LogP contribution is 2.27. The van der Waals surface area contributed by atoms with E-state index in [1.54, 1.807) is 0 Å². The molecule has 1 saturated carbocycles. The summed E-state index contributed by atoms with van der Waals surface area (Å²) in [7, 11) is 0. The molecule has 1 N–H and O–H groups in total. The zero-order chi connectivity index (χ0) is 14.4. The fraction of sp³-hybridized carbons (Fsp3) is 0.688. The van der Waals surface area contributed by atoms with E-state index in [4.69, 9.17) is 16.3 Å². The Morgan fingerprint density at radius 3 is 3.00 bits per heavy atom. The summed E-state index contributed by atoms with van der Waals surface area (Å²) in [5, 5.41) is 3.97. The fourth-order valence-electron chi connectivity index (χ4n) is 2.66. The molecule has 2 rings (SSSR count). The van der Waals surface area contributed by atoms with Crippen molar-refractivity contribution in [1.82, 2.24) is 4.98 Å². The van der Waals surface area contributed by atoms with E-state index in [2.05, 4.69) is 24.1 Å². The van der Waals surface area contributed by atoms with E-state index < -0.39 is 0 Å². The molecule has 0 aromatic carbocycles. The van der Waals surface area contributed by atoms with Gasteiger partial charge in [-0.3, -0.25) is 0 Å². The van der Waals surface area contributed by atoms with E-state index in [0.29, 0.717) is 17.7 Å². The third-order valence-corrected chi connectivity index (χ3v) is 4.16. The van der Waals surface area contributed by atoms with Gasteiger partial charge in [0.2, 0.25) is 0 Å². The molecule has 1 aromatic heterocycles. The Morgan fingerprint density at radius 2 is 2.25 bits per heavy atom. The third kappa shape index (κ3) is 4.64. The van der Waals surface area contributed by atoms with Gasteiger partial charge in [-0.15, -0.1) is 0 Å². The first-order chi connectivity index (χ1) is 9.69. The lowest BCUT2D eigenvalue weighted by molar-refractivity contribution is 0.00329. The minimum Gasteiger partial charge on any atom is -0.372 e. The van der Waals surface area contributed by atoms with Crippen LogP contribution < -0.4 is 5.32 Å². The summed E-state index contributed by atoms with van der Waals surface area (Å²) >= 11 is 6.21. The molecule has 0 amide bonds. The smallest absolute Gasteiger partial charge is 0.126 e. The lowest BCUT2D eigenvalue weighted by atomic mass is 9.89. The van der Waals surface area contributed by atoms with Crippen LogP contribution in [0.1, 0.15) is 51.6 Å². The van der Waals surface area contributed by atoms with Crippen LogP contribution in [0.3, 0.4) is 0 Å². The summed E-state index contributed by atoms with van der Waals surface area (Å²) in [5.74, 6) is 1.65. The number of pyridine rings is 1. The Hall–Kier alpha value is -0.800. The second-order valence-electron chi connectivity index (χ2n) is 5.76. The van der Waals surface area contributed by atoms with Gasteiger partial charge in [-0.05, 0) is 37.3 Å². The molecular weight excluding hydrogens is 272 g/mol. The average molecular weight is 297 g/mol. The predicted octanol–water partition coefficient (Wildman–Crippen LogP) is 4.65.